The Bertz CT molecular complexity index is 843. The third-order valence-corrected chi connectivity index (χ3v) is 6.84. The maximum Gasteiger partial charge on any atom is 0.270 e. The third kappa shape index (κ3) is 5.53. The van der Waals surface area contributed by atoms with Gasteiger partial charge in [-0.2, -0.15) is 0 Å². The van der Waals surface area contributed by atoms with E-state index >= 15 is 0 Å². The molecule has 0 aromatic heterocycles. The molecule has 3 rings (SSSR count). The van der Waals surface area contributed by atoms with Gasteiger partial charge >= 0.3 is 0 Å². The van der Waals surface area contributed by atoms with Crippen molar-refractivity contribution in [1.29, 1.82) is 0 Å². The molecular formula is C27H42N2O4. The maximum absolute atomic E-state index is 14.0. The van der Waals surface area contributed by atoms with Crippen LogP contribution in [0.4, 0.5) is 5.69 Å². The predicted molar refractivity (Wildman–Crippen MR) is 132 cm³/mol. The summed E-state index contributed by atoms with van der Waals surface area (Å²) in [5, 5.41) is 0. The summed E-state index contributed by atoms with van der Waals surface area (Å²) in [7, 11) is 1.67. The molecule has 0 atom stereocenters. The second kappa shape index (κ2) is 10.9. The Morgan fingerprint density at radius 2 is 1.94 bits per heavy atom. The molecule has 1 aromatic rings. The normalized spacial score (nSPS) is 18.3. The molecule has 1 aromatic carbocycles. The van der Waals surface area contributed by atoms with E-state index in [0.29, 0.717) is 30.2 Å². The van der Waals surface area contributed by atoms with E-state index in [4.69, 9.17) is 9.47 Å². The highest BCUT2D eigenvalue weighted by atomic mass is 16.5. The van der Waals surface area contributed by atoms with E-state index in [0.717, 1.165) is 37.7 Å². The van der Waals surface area contributed by atoms with Crippen LogP contribution in [-0.4, -0.2) is 54.7 Å². The second-order valence-corrected chi connectivity index (χ2v) is 10.2. The number of nitrogens with zero attached hydrogens (tertiary/aromatic N) is 2. The van der Waals surface area contributed by atoms with Crippen LogP contribution >= 0.6 is 0 Å². The smallest absolute Gasteiger partial charge is 0.270 e. The van der Waals surface area contributed by atoms with E-state index < -0.39 is 5.60 Å². The average Bonchev–Trinajstić information content (AvgIpc) is 2.77. The number of hydrogen-bond donors (Lipinski definition) is 0. The third-order valence-electron chi connectivity index (χ3n) is 6.84. The molecular weight excluding hydrogens is 416 g/mol. The average molecular weight is 459 g/mol. The summed E-state index contributed by atoms with van der Waals surface area (Å²) in [6, 6.07) is 4.33. The number of rotatable bonds is 9. The Labute approximate surface area is 199 Å². The Morgan fingerprint density at radius 1 is 1.24 bits per heavy atom. The Morgan fingerprint density at radius 3 is 2.55 bits per heavy atom. The van der Waals surface area contributed by atoms with Crippen molar-refractivity contribution in [3.63, 3.8) is 0 Å². The monoisotopic (exact) mass is 458 g/mol. The SMILES string of the molecule is CCCc1cc2c(cc1C(=O)N(C(C)C)C1CCCCC1)N(CCCOC)C(=O)C(C)(C)O2. The lowest BCUT2D eigenvalue weighted by molar-refractivity contribution is -0.132. The zero-order valence-corrected chi connectivity index (χ0v) is 21.4. The summed E-state index contributed by atoms with van der Waals surface area (Å²) < 4.78 is 11.4. The van der Waals surface area contributed by atoms with Gasteiger partial charge in [0.05, 0.1) is 5.69 Å². The van der Waals surface area contributed by atoms with Gasteiger partial charge in [0.2, 0.25) is 0 Å². The lowest BCUT2D eigenvalue weighted by Crippen LogP contribution is -2.53. The van der Waals surface area contributed by atoms with Crippen molar-refractivity contribution in [2.75, 3.05) is 25.2 Å². The molecule has 0 spiro atoms. The van der Waals surface area contributed by atoms with Gasteiger partial charge in [0, 0.05) is 37.9 Å². The molecule has 0 unspecified atom stereocenters. The number of carbonyl (C=O) groups excluding carboxylic acids is 2. The van der Waals surface area contributed by atoms with Gasteiger partial charge in [0.15, 0.2) is 5.60 Å². The molecule has 2 aliphatic rings. The molecule has 0 radical (unpaired) electrons. The van der Waals surface area contributed by atoms with Gasteiger partial charge in [-0.25, -0.2) is 0 Å². The molecule has 0 bridgehead atoms. The second-order valence-electron chi connectivity index (χ2n) is 10.2. The van der Waals surface area contributed by atoms with Crippen LogP contribution < -0.4 is 9.64 Å². The number of hydrogen-bond acceptors (Lipinski definition) is 4. The molecule has 1 saturated carbocycles. The van der Waals surface area contributed by atoms with Crippen molar-refractivity contribution >= 4 is 17.5 Å². The zero-order chi connectivity index (χ0) is 24.2. The van der Waals surface area contributed by atoms with E-state index in [9.17, 15) is 9.59 Å². The van der Waals surface area contributed by atoms with E-state index in [-0.39, 0.29) is 23.9 Å². The number of amides is 2. The van der Waals surface area contributed by atoms with Crippen LogP contribution in [0.3, 0.4) is 0 Å². The van der Waals surface area contributed by atoms with Gasteiger partial charge in [0.1, 0.15) is 5.75 Å². The molecule has 0 saturated heterocycles. The molecule has 6 heteroatoms. The van der Waals surface area contributed by atoms with Crippen molar-refractivity contribution < 1.29 is 19.1 Å². The standard InChI is InChI=1S/C27H42N2O4/c1-7-12-20-17-24-23(28(15-11-16-32-6)26(31)27(4,5)33-24)18-22(20)25(30)29(19(2)3)21-13-9-8-10-14-21/h17-19,21H,7-16H2,1-6H3. The first-order chi connectivity index (χ1) is 15.7. The molecule has 6 nitrogen and oxygen atoms in total. The van der Waals surface area contributed by atoms with Crippen molar-refractivity contribution in [2.45, 2.75) is 104 Å². The number of aryl methyl sites for hydroxylation is 1. The minimum Gasteiger partial charge on any atom is -0.476 e. The van der Waals surface area contributed by atoms with E-state index in [1.165, 1.54) is 19.3 Å². The van der Waals surface area contributed by atoms with Crippen LogP contribution in [0.25, 0.3) is 0 Å². The number of methoxy groups -OCH3 is 1. The minimum atomic E-state index is -0.943. The lowest BCUT2D eigenvalue weighted by Gasteiger charge is -2.40. The molecule has 1 aliphatic carbocycles. The van der Waals surface area contributed by atoms with Gasteiger partial charge in [-0.1, -0.05) is 32.6 Å². The van der Waals surface area contributed by atoms with Crippen LogP contribution in [0.15, 0.2) is 12.1 Å². The van der Waals surface area contributed by atoms with E-state index in [1.807, 2.05) is 26.0 Å². The van der Waals surface area contributed by atoms with Gasteiger partial charge in [-0.05, 0) is 71.1 Å². The summed E-state index contributed by atoms with van der Waals surface area (Å²) in [6.07, 6.45) is 8.19. The predicted octanol–water partition coefficient (Wildman–Crippen LogP) is 5.36. The fourth-order valence-corrected chi connectivity index (χ4v) is 5.24. The maximum atomic E-state index is 14.0. The number of fused-ring (bicyclic) bond motifs is 1. The highest BCUT2D eigenvalue weighted by molar-refractivity contribution is 6.05. The lowest BCUT2D eigenvalue weighted by atomic mass is 9.91. The highest BCUT2D eigenvalue weighted by Gasteiger charge is 2.42. The molecule has 1 fully saturated rings. The van der Waals surface area contributed by atoms with Crippen LogP contribution in [0.1, 0.15) is 95.5 Å². The van der Waals surface area contributed by atoms with Gasteiger partial charge in [-0.15, -0.1) is 0 Å². The summed E-state index contributed by atoms with van der Waals surface area (Å²) in [6.45, 7) is 11.1. The first-order valence-electron chi connectivity index (χ1n) is 12.7. The van der Waals surface area contributed by atoms with Crippen molar-refractivity contribution in [2.24, 2.45) is 0 Å². The van der Waals surface area contributed by atoms with Gasteiger partial charge in [-0.3, -0.25) is 9.59 Å². The van der Waals surface area contributed by atoms with E-state index in [2.05, 4.69) is 25.7 Å². The Hall–Kier alpha value is -2.08. The molecule has 33 heavy (non-hydrogen) atoms. The summed E-state index contributed by atoms with van der Waals surface area (Å²) in [5.41, 5.74) is 1.47. The summed E-state index contributed by atoms with van der Waals surface area (Å²) >= 11 is 0. The summed E-state index contributed by atoms with van der Waals surface area (Å²) in [5.74, 6) is 0.684. The fraction of sp³-hybridized carbons (Fsp3) is 0.704. The van der Waals surface area contributed by atoms with Crippen LogP contribution in [0, 0.1) is 0 Å². The molecule has 1 heterocycles. The van der Waals surface area contributed by atoms with E-state index in [1.54, 1.807) is 12.0 Å². The molecule has 0 N–H and O–H groups in total. The molecule has 184 valence electrons. The number of benzene rings is 1. The summed E-state index contributed by atoms with van der Waals surface area (Å²) in [4.78, 5) is 31.1. The molecule has 2 amide bonds. The van der Waals surface area contributed by atoms with Crippen molar-refractivity contribution in [3.05, 3.63) is 23.3 Å². The number of anilines is 1. The number of ether oxygens (including phenoxy) is 2. The quantitative estimate of drug-likeness (QED) is 0.467. The van der Waals surface area contributed by atoms with Crippen molar-refractivity contribution in [1.82, 2.24) is 4.90 Å². The van der Waals surface area contributed by atoms with Gasteiger partial charge in [0.25, 0.3) is 11.8 Å². The van der Waals surface area contributed by atoms with Crippen LogP contribution in [-0.2, 0) is 16.0 Å². The first-order valence-corrected chi connectivity index (χ1v) is 12.7. The highest BCUT2D eigenvalue weighted by Crippen LogP contribution is 2.41. The zero-order valence-electron chi connectivity index (χ0n) is 21.4. The topological polar surface area (TPSA) is 59.1 Å². The van der Waals surface area contributed by atoms with Gasteiger partial charge < -0.3 is 19.3 Å². The minimum absolute atomic E-state index is 0.0808. The van der Waals surface area contributed by atoms with Crippen molar-refractivity contribution in [3.8, 4) is 5.75 Å². The first kappa shape index (κ1) is 25.5. The number of carbonyl (C=O) groups is 2. The Balaban J connectivity index is 2.06. The Kier molecular flexibility index (Phi) is 8.43. The largest absolute Gasteiger partial charge is 0.476 e. The van der Waals surface area contributed by atoms with Crippen LogP contribution in [0.2, 0.25) is 0 Å². The van der Waals surface area contributed by atoms with Crippen LogP contribution in [0.5, 0.6) is 5.75 Å². The fourth-order valence-electron chi connectivity index (χ4n) is 5.24. The molecule has 1 aliphatic heterocycles.